The molecule has 1 atom stereocenters. The average Bonchev–Trinajstić information content (AvgIpc) is 2.76. The van der Waals surface area contributed by atoms with E-state index < -0.39 is 0 Å². The Morgan fingerprint density at radius 1 is 1.10 bits per heavy atom. The van der Waals surface area contributed by atoms with Crippen molar-refractivity contribution >= 4 is 40.8 Å². The third-order valence-electron chi connectivity index (χ3n) is 4.29. The van der Waals surface area contributed by atoms with Crippen LogP contribution in [0.4, 0.5) is 27.9 Å². The number of amides is 2. The summed E-state index contributed by atoms with van der Waals surface area (Å²) in [7, 11) is 3.21. The lowest BCUT2D eigenvalue weighted by Gasteiger charge is -2.23. The fourth-order valence-electron chi connectivity index (χ4n) is 2.85. The molecule has 2 N–H and O–H groups in total. The lowest BCUT2D eigenvalue weighted by atomic mass is 10.2. The minimum Gasteiger partial charge on any atom is -0.497 e. The molecule has 0 bridgehead atoms. The van der Waals surface area contributed by atoms with Crippen molar-refractivity contribution in [3.05, 3.63) is 65.8 Å². The van der Waals surface area contributed by atoms with Crippen molar-refractivity contribution in [2.45, 2.75) is 13.0 Å². The SMILES string of the molecule is COC[C@H](C)Nc1nccc(N(C(=O)Nc2ccc(Cl)cc2)c2ccc(OC)cc2)n1. The summed E-state index contributed by atoms with van der Waals surface area (Å²) in [5.41, 5.74) is 1.22. The van der Waals surface area contributed by atoms with E-state index in [-0.39, 0.29) is 12.1 Å². The van der Waals surface area contributed by atoms with Gasteiger partial charge in [-0.25, -0.2) is 14.7 Å². The number of urea groups is 1. The van der Waals surface area contributed by atoms with Gasteiger partial charge >= 0.3 is 6.03 Å². The van der Waals surface area contributed by atoms with Gasteiger partial charge in [0.2, 0.25) is 5.95 Å². The molecule has 0 saturated carbocycles. The van der Waals surface area contributed by atoms with E-state index in [0.717, 1.165) is 0 Å². The van der Waals surface area contributed by atoms with Crippen LogP contribution in [-0.4, -0.2) is 42.9 Å². The Balaban J connectivity index is 1.93. The number of carbonyl (C=O) groups excluding carboxylic acids is 1. The van der Waals surface area contributed by atoms with Gasteiger partial charge in [0.15, 0.2) is 0 Å². The number of benzene rings is 2. The molecule has 0 aliphatic rings. The second-order valence-corrected chi connectivity index (χ2v) is 7.15. The molecular weight excluding hydrogens is 418 g/mol. The Hall–Kier alpha value is -3.36. The van der Waals surface area contributed by atoms with Gasteiger partial charge in [-0.15, -0.1) is 0 Å². The van der Waals surface area contributed by atoms with Gasteiger partial charge in [0, 0.05) is 36.1 Å². The molecule has 0 aliphatic heterocycles. The van der Waals surface area contributed by atoms with Crippen LogP contribution in [0.5, 0.6) is 5.75 Å². The Morgan fingerprint density at radius 2 is 1.81 bits per heavy atom. The summed E-state index contributed by atoms with van der Waals surface area (Å²) < 4.78 is 10.4. The number of hydrogen-bond donors (Lipinski definition) is 2. The molecule has 0 spiro atoms. The number of anilines is 4. The van der Waals surface area contributed by atoms with Crippen LogP contribution < -0.4 is 20.3 Å². The molecule has 0 radical (unpaired) electrons. The van der Waals surface area contributed by atoms with E-state index in [4.69, 9.17) is 21.1 Å². The topological polar surface area (TPSA) is 88.6 Å². The molecule has 2 aromatic carbocycles. The predicted molar refractivity (Wildman–Crippen MR) is 123 cm³/mol. The molecule has 0 saturated heterocycles. The van der Waals surface area contributed by atoms with E-state index in [1.807, 2.05) is 6.92 Å². The van der Waals surface area contributed by atoms with E-state index in [1.54, 1.807) is 75.0 Å². The van der Waals surface area contributed by atoms with E-state index in [2.05, 4.69) is 20.6 Å². The first kappa shape index (κ1) is 22.3. The number of nitrogens with one attached hydrogen (secondary N) is 2. The van der Waals surface area contributed by atoms with Crippen LogP contribution in [0.15, 0.2) is 60.8 Å². The van der Waals surface area contributed by atoms with Gasteiger partial charge in [0.05, 0.1) is 19.4 Å². The monoisotopic (exact) mass is 441 g/mol. The Labute approximate surface area is 186 Å². The molecule has 1 heterocycles. The number of rotatable bonds is 8. The van der Waals surface area contributed by atoms with Crippen molar-refractivity contribution < 1.29 is 14.3 Å². The van der Waals surface area contributed by atoms with Gasteiger partial charge in [-0.3, -0.25) is 0 Å². The third-order valence-corrected chi connectivity index (χ3v) is 4.54. The smallest absolute Gasteiger partial charge is 0.332 e. The Kier molecular flexibility index (Phi) is 7.64. The maximum absolute atomic E-state index is 13.2. The van der Waals surface area contributed by atoms with Gasteiger partial charge in [-0.1, -0.05) is 11.6 Å². The maximum Gasteiger partial charge on any atom is 0.332 e. The van der Waals surface area contributed by atoms with Gasteiger partial charge in [0.1, 0.15) is 11.6 Å². The molecule has 3 aromatic rings. The molecular formula is C22H24ClN5O3. The molecule has 2 amide bonds. The number of carbonyl (C=O) groups is 1. The normalized spacial score (nSPS) is 11.5. The molecule has 31 heavy (non-hydrogen) atoms. The minimum absolute atomic E-state index is 0.00224. The lowest BCUT2D eigenvalue weighted by molar-refractivity contribution is 0.190. The van der Waals surface area contributed by atoms with E-state index in [0.29, 0.717) is 40.5 Å². The van der Waals surface area contributed by atoms with Crippen molar-refractivity contribution in [1.29, 1.82) is 0 Å². The molecule has 9 heteroatoms. The summed E-state index contributed by atoms with van der Waals surface area (Å²) in [5.74, 6) is 1.47. The van der Waals surface area contributed by atoms with Crippen molar-refractivity contribution in [3.63, 3.8) is 0 Å². The first-order chi connectivity index (χ1) is 15.0. The van der Waals surface area contributed by atoms with Gasteiger partial charge in [-0.2, -0.15) is 4.98 Å². The van der Waals surface area contributed by atoms with E-state index in [1.165, 1.54) is 4.90 Å². The molecule has 8 nitrogen and oxygen atoms in total. The molecule has 162 valence electrons. The fourth-order valence-corrected chi connectivity index (χ4v) is 2.98. The van der Waals surface area contributed by atoms with Crippen LogP contribution >= 0.6 is 11.6 Å². The second kappa shape index (κ2) is 10.6. The van der Waals surface area contributed by atoms with E-state index >= 15 is 0 Å². The van der Waals surface area contributed by atoms with E-state index in [9.17, 15) is 4.79 Å². The van der Waals surface area contributed by atoms with Gasteiger partial charge in [-0.05, 0) is 55.5 Å². The minimum atomic E-state index is -0.387. The first-order valence-corrected chi connectivity index (χ1v) is 9.97. The number of aromatic nitrogens is 2. The highest BCUT2D eigenvalue weighted by atomic mass is 35.5. The summed E-state index contributed by atoms with van der Waals surface area (Å²) in [6.07, 6.45) is 1.59. The van der Waals surface area contributed by atoms with Crippen molar-refractivity contribution in [3.8, 4) is 5.75 Å². The van der Waals surface area contributed by atoms with Crippen LogP contribution in [-0.2, 0) is 4.74 Å². The van der Waals surface area contributed by atoms with Crippen molar-refractivity contribution in [2.75, 3.05) is 36.4 Å². The zero-order valence-corrected chi connectivity index (χ0v) is 18.3. The molecule has 0 fully saturated rings. The number of ether oxygens (including phenoxy) is 2. The number of halogens is 1. The first-order valence-electron chi connectivity index (χ1n) is 9.59. The lowest BCUT2D eigenvalue weighted by Crippen LogP contribution is -2.32. The standard InChI is InChI=1S/C22H24ClN5O3/c1-15(14-30-2)25-21-24-13-12-20(27-21)28(18-8-10-19(31-3)11-9-18)22(29)26-17-6-4-16(23)5-7-17/h4-13,15H,14H2,1-3H3,(H,26,29)(H,24,25,27)/t15-/m0/s1. The molecule has 0 aliphatic carbocycles. The zero-order chi connectivity index (χ0) is 22.2. The van der Waals surface area contributed by atoms with Crippen LogP contribution in [0.2, 0.25) is 5.02 Å². The largest absolute Gasteiger partial charge is 0.497 e. The second-order valence-electron chi connectivity index (χ2n) is 6.71. The summed E-state index contributed by atoms with van der Waals surface area (Å²) >= 11 is 5.94. The van der Waals surface area contributed by atoms with Gasteiger partial charge in [0.25, 0.3) is 0 Å². The fraction of sp³-hybridized carbons (Fsp3) is 0.227. The molecule has 3 rings (SSSR count). The summed E-state index contributed by atoms with van der Waals surface area (Å²) in [5, 5.41) is 6.62. The summed E-state index contributed by atoms with van der Waals surface area (Å²) in [6, 6.07) is 15.3. The van der Waals surface area contributed by atoms with Crippen LogP contribution in [0.25, 0.3) is 0 Å². The van der Waals surface area contributed by atoms with Crippen molar-refractivity contribution in [1.82, 2.24) is 9.97 Å². The van der Waals surface area contributed by atoms with Gasteiger partial charge < -0.3 is 20.1 Å². The summed E-state index contributed by atoms with van der Waals surface area (Å²) in [6.45, 7) is 2.45. The van der Waals surface area contributed by atoms with Crippen LogP contribution in [0, 0.1) is 0 Å². The summed E-state index contributed by atoms with van der Waals surface area (Å²) in [4.78, 5) is 23.5. The average molecular weight is 442 g/mol. The number of hydrogen-bond acceptors (Lipinski definition) is 6. The number of methoxy groups -OCH3 is 2. The van der Waals surface area contributed by atoms with Crippen molar-refractivity contribution in [2.24, 2.45) is 0 Å². The Morgan fingerprint density at radius 3 is 2.45 bits per heavy atom. The molecule has 1 aromatic heterocycles. The highest BCUT2D eigenvalue weighted by molar-refractivity contribution is 6.30. The predicted octanol–water partition coefficient (Wildman–Crippen LogP) is 4.96. The van der Waals surface area contributed by atoms with Crippen LogP contribution in [0.1, 0.15) is 6.92 Å². The maximum atomic E-state index is 13.2. The highest BCUT2D eigenvalue weighted by Crippen LogP contribution is 2.27. The quantitative estimate of drug-likeness (QED) is 0.513. The van der Waals surface area contributed by atoms with Crippen LogP contribution in [0.3, 0.4) is 0 Å². The molecule has 0 unspecified atom stereocenters. The Bertz CT molecular complexity index is 999. The number of nitrogens with zero attached hydrogens (tertiary/aromatic N) is 3. The highest BCUT2D eigenvalue weighted by Gasteiger charge is 2.21. The zero-order valence-electron chi connectivity index (χ0n) is 17.5. The third kappa shape index (κ3) is 6.07.